The molecule has 1 aromatic carbocycles. The van der Waals surface area contributed by atoms with E-state index in [0.29, 0.717) is 12.4 Å². The zero-order valence-electron chi connectivity index (χ0n) is 8.94. The Bertz CT molecular complexity index is 315. The highest BCUT2D eigenvalue weighted by Crippen LogP contribution is 2.14. The summed E-state index contributed by atoms with van der Waals surface area (Å²) in [6.45, 7) is 2.49. The number of nitrogens with two attached hydrogens (primary N) is 2. The van der Waals surface area contributed by atoms with E-state index < -0.39 is 0 Å². The van der Waals surface area contributed by atoms with Crippen molar-refractivity contribution in [3.05, 3.63) is 35.4 Å². The first-order chi connectivity index (χ1) is 7.22. The van der Waals surface area contributed by atoms with E-state index in [-0.39, 0.29) is 0 Å². The lowest BCUT2D eigenvalue weighted by Gasteiger charge is -2.01. The maximum atomic E-state index is 5.48. The fourth-order valence-electron chi connectivity index (χ4n) is 1.18. The molecule has 4 N–H and O–H groups in total. The minimum atomic E-state index is 0.611. The summed E-state index contributed by atoms with van der Waals surface area (Å²) < 4.78 is 4.07. The van der Waals surface area contributed by atoms with E-state index in [2.05, 4.69) is 28.7 Å². The molecule has 4 heteroatoms. The van der Waals surface area contributed by atoms with Crippen molar-refractivity contribution in [2.24, 2.45) is 15.9 Å². The summed E-state index contributed by atoms with van der Waals surface area (Å²) in [7, 11) is 0. The van der Waals surface area contributed by atoms with Crippen molar-refractivity contribution in [1.29, 1.82) is 0 Å². The molecule has 0 aromatic heterocycles. The van der Waals surface area contributed by atoms with Crippen molar-refractivity contribution in [2.75, 3.05) is 6.54 Å². The van der Waals surface area contributed by atoms with Crippen LogP contribution in [0.4, 0.5) is 0 Å². The second-order valence-electron chi connectivity index (χ2n) is 3.36. The molecule has 0 amide bonds. The Balaban J connectivity index is 2.46. The molecule has 15 heavy (non-hydrogen) atoms. The van der Waals surface area contributed by atoms with Gasteiger partial charge in [-0.25, -0.2) is 4.40 Å². The Kier molecular flexibility index (Phi) is 5.21. The normalized spacial score (nSPS) is 11.7. The summed E-state index contributed by atoms with van der Waals surface area (Å²) in [5, 5.41) is 0. The Morgan fingerprint density at radius 2 is 1.87 bits per heavy atom. The first-order valence-corrected chi connectivity index (χ1v) is 5.86. The van der Waals surface area contributed by atoms with Crippen molar-refractivity contribution in [3.8, 4) is 0 Å². The molecule has 1 rings (SSSR count). The highest BCUT2D eigenvalue weighted by Gasteiger charge is 1.94. The predicted molar refractivity (Wildman–Crippen MR) is 67.8 cm³/mol. The Labute approximate surface area is 95.1 Å². The number of benzene rings is 1. The summed E-state index contributed by atoms with van der Waals surface area (Å²) in [6, 6.07) is 8.45. The summed E-state index contributed by atoms with van der Waals surface area (Å²) in [6.07, 6.45) is 0.938. The molecule has 0 aliphatic heterocycles. The molecule has 3 nitrogen and oxygen atoms in total. The average Bonchev–Trinajstić information content (AvgIpc) is 2.20. The molecule has 0 aliphatic carbocycles. The second kappa shape index (κ2) is 6.48. The quantitative estimate of drug-likeness (QED) is 0.454. The molecule has 0 heterocycles. The fraction of sp³-hybridized carbons (Fsp3) is 0.364. The van der Waals surface area contributed by atoms with E-state index in [1.807, 2.05) is 0 Å². The van der Waals surface area contributed by atoms with Gasteiger partial charge in [-0.05, 0) is 43.0 Å². The van der Waals surface area contributed by atoms with Crippen LogP contribution in [0.1, 0.15) is 18.1 Å². The monoisotopic (exact) mass is 223 g/mol. The van der Waals surface area contributed by atoms with Crippen LogP contribution < -0.4 is 11.5 Å². The third-order valence-corrected chi connectivity index (χ3v) is 2.78. The van der Waals surface area contributed by atoms with Crippen LogP contribution in [-0.2, 0) is 12.2 Å². The van der Waals surface area contributed by atoms with Gasteiger partial charge in [-0.2, -0.15) is 0 Å². The van der Waals surface area contributed by atoms with Crippen LogP contribution in [0.25, 0.3) is 0 Å². The summed E-state index contributed by atoms with van der Waals surface area (Å²) >= 11 is 1.47. The van der Waals surface area contributed by atoms with Crippen LogP contribution in [0, 0.1) is 0 Å². The van der Waals surface area contributed by atoms with Crippen molar-refractivity contribution >= 4 is 17.8 Å². The molecule has 0 bridgehead atoms. The third-order valence-electron chi connectivity index (χ3n) is 1.90. The molecule has 0 aliphatic rings. The van der Waals surface area contributed by atoms with Gasteiger partial charge in [0.2, 0.25) is 0 Å². The summed E-state index contributed by atoms with van der Waals surface area (Å²) in [5.41, 5.74) is 13.4. The maximum Gasteiger partial charge on any atom is 0.104 e. The lowest BCUT2D eigenvalue weighted by atomic mass is 10.1. The van der Waals surface area contributed by atoms with Crippen LogP contribution >= 0.6 is 11.9 Å². The lowest BCUT2D eigenvalue weighted by Crippen LogP contribution is -2.03. The van der Waals surface area contributed by atoms with Crippen molar-refractivity contribution < 1.29 is 0 Å². The lowest BCUT2D eigenvalue weighted by molar-refractivity contribution is 0.968. The van der Waals surface area contributed by atoms with Gasteiger partial charge in [0.25, 0.3) is 0 Å². The minimum absolute atomic E-state index is 0.611. The van der Waals surface area contributed by atoms with Crippen molar-refractivity contribution in [2.45, 2.75) is 19.1 Å². The highest BCUT2D eigenvalue weighted by molar-refractivity contribution is 7.97. The number of hydrogen-bond donors (Lipinski definition) is 2. The number of hydrogen-bond acceptors (Lipinski definition) is 3. The largest absolute Gasteiger partial charge is 0.387 e. The average molecular weight is 223 g/mol. The molecule has 0 unspecified atom stereocenters. The third kappa shape index (κ3) is 4.85. The summed E-state index contributed by atoms with van der Waals surface area (Å²) in [5.74, 6) is 1.47. The Morgan fingerprint density at radius 1 is 1.27 bits per heavy atom. The zero-order valence-corrected chi connectivity index (χ0v) is 9.76. The van der Waals surface area contributed by atoms with E-state index in [4.69, 9.17) is 11.5 Å². The number of rotatable bonds is 5. The molecule has 0 saturated carbocycles. The maximum absolute atomic E-state index is 5.48. The molecule has 0 spiro atoms. The number of amidine groups is 1. The molecule has 82 valence electrons. The van der Waals surface area contributed by atoms with Crippen LogP contribution in [0.2, 0.25) is 0 Å². The molecule has 1 aromatic rings. The van der Waals surface area contributed by atoms with Gasteiger partial charge >= 0.3 is 0 Å². The molecule has 0 atom stereocenters. The van der Waals surface area contributed by atoms with Gasteiger partial charge in [0.1, 0.15) is 5.84 Å². The van der Waals surface area contributed by atoms with Crippen LogP contribution in [0.3, 0.4) is 0 Å². The fourth-order valence-corrected chi connectivity index (χ4v) is 1.79. The molecule has 0 saturated heterocycles. The first kappa shape index (κ1) is 12.1. The Hall–Kier alpha value is -1.00. The molecule has 0 fully saturated rings. The summed E-state index contributed by atoms with van der Waals surface area (Å²) in [4.78, 5) is 0. The topological polar surface area (TPSA) is 64.4 Å². The van der Waals surface area contributed by atoms with E-state index in [1.165, 1.54) is 23.1 Å². The smallest absolute Gasteiger partial charge is 0.104 e. The number of nitrogens with zero attached hydrogens (tertiary/aromatic N) is 1. The van der Waals surface area contributed by atoms with Gasteiger partial charge in [0, 0.05) is 5.75 Å². The van der Waals surface area contributed by atoms with Crippen molar-refractivity contribution in [3.63, 3.8) is 0 Å². The van der Waals surface area contributed by atoms with Gasteiger partial charge in [-0.15, -0.1) is 0 Å². The van der Waals surface area contributed by atoms with Crippen molar-refractivity contribution in [1.82, 2.24) is 0 Å². The predicted octanol–water partition coefficient (Wildman–Crippen LogP) is 1.71. The van der Waals surface area contributed by atoms with E-state index in [1.54, 1.807) is 6.92 Å². The minimum Gasteiger partial charge on any atom is -0.387 e. The van der Waals surface area contributed by atoms with Gasteiger partial charge in [0.15, 0.2) is 0 Å². The van der Waals surface area contributed by atoms with E-state index in [0.717, 1.165) is 12.2 Å². The van der Waals surface area contributed by atoms with Gasteiger partial charge < -0.3 is 11.5 Å². The van der Waals surface area contributed by atoms with Crippen LogP contribution in [0.5, 0.6) is 0 Å². The van der Waals surface area contributed by atoms with Gasteiger partial charge in [-0.3, -0.25) is 0 Å². The van der Waals surface area contributed by atoms with E-state index >= 15 is 0 Å². The zero-order chi connectivity index (χ0) is 11.1. The standard InChI is InChI=1S/C11H17N3S/c1-9(13)14-15-8-11-4-2-10(3-5-11)6-7-12/h2-5H,6-8,12H2,1H3,(H2,13,14). The second-order valence-corrected chi connectivity index (χ2v) is 4.09. The van der Waals surface area contributed by atoms with E-state index in [9.17, 15) is 0 Å². The highest BCUT2D eigenvalue weighted by atomic mass is 32.2. The molecule has 0 radical (unpaired) electrons. The van der Waals surface area contributed by atoms with Crippen LogP contribution in [0.15, 0.2) is 28.7 Å². The molecular weight excluding hydrogens is 206 g/mol. The van der Waals surface area contributed by atoms with Gasteiger partial charge in [0.05, 0.1) is 0 Å². The Morgan fingerprint density at radius 3 is 2.40 bits per heavy atom. The first-order valence-electron chi connectivity index (χ1n) is 4.92. The van der Waals surface area contributed by atoms with Gasteiger partial charge in [-0.1, -0.05) is 24.3 Å². The SMILES string of the molecule is C/C(N)=N/SCc1ccc(CCN)cc1. The van der Waals surface area contributed by atoms with Crippen LogP contribution in [-0.4, -0.2) is 12.4 Å². The molecular formula is C11H17N3S.